The van der Waals surface area contributed by atoms with Gasteiger partial charge in [0.05, 0.1) is 21.7 Å². The second-order valence-electron chi connectivity index (χ2n) is 10.4. The summed E-state index contributed by atoms with van der Waals surface area (Å²) in [7, 11) is 0. The number of nitrogens with zero attached hydrogens (tertiary/aromatic N) is 4. The van der Waals surface area contributed by atoms with Crippen LogP contribution in [0.4, 0.5) is 15.1 Å². The Bertz CT molecular complexity index is 2000. The van der Waals surface area contributed by atoms with Gasteiger partial charge in [0.15, 0.2) is 10.3 Å². The molecule has 0 fully saturated rings. The molecular formula is C33H27N5O5S2. The van der Waals surface area contributed by atoms with Crippen molar-refractivity contribution in [1.82, 2.24) is 15.0 Å². The van der Waals surface area contributed by atoms with E-state index >= 15 is 0 Å². The molecule has 4 heterocycles. The number of hydrogen-bond acceptors (Lipinski definition) is 10. The minimum absolute atomic E-state index is 0.0852. The molecule has 3 aromatic heterocycles. The van der Waals surface area contributed by atoms with Crippen molar-refractivity contribution >= 4 is 66.1 Å². The minimum atomic E-state index is -1.41. The summed E-state index contributed by atoms with van der Waals surface area (Å²) in [5, 5.41) is 14.5. The number of nitrogens with one attached hydrogen (secondary N) is 1. The second-order valence-corrected chi connectivity index (χ2v) is 12.5. The lowest BCUT2D eigenvalue weighted by molar-refractivity contribution is 0.102. The number of carbonyl (C=O) groups excluding carboxylic acids is 1. The predicted molar refractivity (Wildman–Crippen MR) is 175 cm³/mol. The van der Waals surface area contributed by atoms with Gasteiger partial charge in [-0.1, -0.05) is 65.1 Å². The fourth-order valence-corrected chi connectivity index (χ4v) is 7.35. The van der Waals surface area contributed by atoms with Gasteiger partial charge >= 0.3 is 6.16 Å². The van der Waals surface area contributed by atoms with E-state index in [1.54, 1.807) is 6.20 Å². The highest BCUT2D eigenvalue weighted by molar-refractivity contribution is 7.22. The third kappa shape index (κ3) is 6.15. The maximum absolute atomic E-state index is 13.4. The summed E-state index contributed by atoms with van der Waals surface area (Å²) < 4.78 is 12.1. The van der Waals surface area contributed by atoms with Crippen molar-refractivity contribution < 1.29 is 24.2 Å². The number of para-hydroxylation sites is 2. The Morgan fingerprint density at radius 2 is 1.84 bits per heavy atom. The Morgan fingerprint density at radius 1 is 0.978 bits per heavy atom. The SMILES string of the molecule is O=C(O)Oc1nc(N2CCc3cccc(C(=O)Nc4nc5ccccc5s4)c3C2)sc1CCCOc1cccc2cccnc12. The van der Waals surface area contributed by atoms with Crippen molar-refractivity contribution in [3.8, 4) is 11.6 Å². The number of carbonyl (C=O) groups is 2. The van der Waals surface area contributed by atoms with Crippen molar-refractivity contribution in [3.63, 3.8) is 0 Å². The lowest BCUT2D eigenvalue weighted by Gasteiger charge is -2.29. The van der Waals surface area contributed by atoms with Crippen molar-refractivity contribution in [2.24, 2.45) is 0 Å². The van der Waals surface area contributed by atoms with Gasteiger partial charge in [0.1, 0.15) is 11.3 Å². The molecule has 0 bridgehead atoms. The summed E-state index contributed by atoms with van der Waals surface area (Å²) >= 11 is 2.84. The zero-order valence-corrected chi connectivity index (χ0v) is 25.6. The molecule has 7 rings (SSSR count). The molecule has 10 nitrogen and oxygen atoms in total. The Kier molecular flexibility index (Phi) is 7.97. The van der Waals surface area contributed by atoms with E-state index in [4.69, 9.17) is 9.47 Å². The second kappa shape index (κ2) is 12.5. The molecule has 0 saturated carbocycles. The van der Waals surface area contributed by atoms with Crippen LogP contribution >= 0.6 is 22.7 Å². The Hall–Kier alpha value is -5.07. The highest BCUT2D eigenvalue weighted by Gasteiger charge is 2.26. The van der Waals surface area contributed by atoms with E-state index in [0.717, 1.165) is 37.1 Å². The minimum Gasteiger partial charge on any atom is -0.491 e. The third-order valence-corrected chi connectivity index (χ3v) is 9.65. The number of rotatable bonds is 9. The first-order valence-corrected chi connectivity index (χ1v) is 16.0. The largest absolute Gasteiger partial charge is 0.512 e. The number of ether oxygens (including phenoxy) is 2. The molecule has 3 aromatic carbocycles. The van der Waals surface area contributed by atoms with Gasteiger partial charge in [-0.2, -0.15) is 4.98 Å². The van der Waals surface area contributed by atoms with Crippen LogP contribution in [0.25, 0.3) is 21.1 Å². The molecule has 45 heavy (non-hydrogen) atoms. The first-order valence-electron chi connectivity index (χ1n) is 14.4. The predicted octanol–water partition coefficient (Wildman–Crippen LogP) is 7.18. The third-order valence-electron chi connectivity index (χ3n) is 7.54. The average Bonchev–Trinajstić information content (AvgIpc) is 3.65. The monoisotopic (exact) mass is 637 g/mol. The van der Waals surface area contributed by atoms with Crippen LogP contribution < -0.4 is 19.7 Å². The number of anilines is 2. The number of aromatic nitrogens is 3. The standard InChI is InChI=1S/C33H27N5O5S2/c39-29(36-31-35-24-11-1-2-13-26(24)44-31)22-10-3-7-20-15-17-38(19-23(20)22)32-37-30(43-33(40)41)27(45-32)14-6-18-42-25-12-4-8-21-9-5-16-34-28(21)25/h1-5,7-13,16H,6,14-15,17-19H2,(H,40,41)(H,35,36,39). The molecule has 1 aliphatic heterocycles. The molecule has 0 aliphatic carbocycles. The highest BCUT2D eigenvalue weighted by Crippen LogP contribution is 2.36. The fourth-order valence-electron chi connectivity index (χ4n) is 5.44. The zero-order valence-electron chi connectivity index (χ0n) is 23.9. The van der Waals surface area contributed by atoms with Crippen LogP contribution in [-0.4, -0.2) is 45.3 Å². The molecule has 1 amide bonds. The van der Waals surface area contributed by atoms with Crippen molar-refractivity contribution in [1.29, 1.82) is 0 Å². The normalized spacial score (nSPS) is 12.7. The summed E-state index contributed by atoms with van der Waals surface area (Å²) in [6.45, 7) is 1.54. The quantitative estimate of drug-likeness (QED) is 0.125. The van der Waals surface area contributed by atoms with E-state index in [2.05, 4.69) is 25.2 Å². The van der Waals surface area contributed by atoms with E-state index in [1.807, 2.05) is 72.8 Å². The van der Waals surface area contributed by atoms with Crippen LogP contribution in [0.1, 0.15) is 32.8 Å². The van der Waals surface area contributed by atoms with Gasteiger partial charge < -0.3 is 19.5 Å². The number of hydrogen-bond donors (Lipinski definition) is 2. The van der Waals surface area contributed by atoms with Gasteiger partial charge in [-0.05, 0) is 60.7 Å². The van der Waals surface area contributed by atoms with Crippen LogP contribution in [0.15, 0.2) is 79.0 Å². The van der Waals surface area contributed by atoms with Crippen LogP contribution in [0.3, 0.4) is 0 Å². The number of thiazole rings is 2. The van der Waals surface area contributed by atoms with E-state index < -0.39 is 6.16 Å². The van der Waals surface area contributed by atoms with Crippen molar-refractivity contribution in [2.45, 2.75) is 25.8 Å². The maximum atomic E-state index is 13.4. The zero-order chi connectivity index (χ0) is 30.8. The van der Waals surface area contributed by atoms with Crippen molar-refractivity contribution in [2.75, 3.05) is 23.4 Å². The number of carboxylic acid groups (broad SMARTS) is 1. The molecule has 0 radical (unpaired) electrons. The molecule has 0 spiro atoms. The fraction of sp³-hybridized carbons (Fsp3) is 0.182. The lowest BCUT2D eigenvalue weighted by Crippen LogP contribution is -2.32. The van der Waals surface area contributed by atoms with Gasteiger partial charge in [-0.15, -0.1) is 0 Å². The maximum Gasteiger partial charge on any atom is 0.512 e. The van der Waals surface area contributed by atoms with Crippen LogP contribution in [-0.2, 0) is 19.4 Å². The van der Waals surface area contributed by atoms with Gasteiger partial charge in [-0.3, -0.25) is 15.1 Å². The summed E-state index contributed by atoms with van der Waals surface area (Å²) in [5.74, 6) is 0.570. The lowest BCUT2D eigenvalue weighted by atomic mass is 9.94. The smallest absolute Gasteiger partial charge is 0.491 e. The van der Waals surface area contributed by atoms with E-state index in [0.29, 0.717) is 60.5 Å². The summed E-state index contributed by atoms with van der Waals surface area (Å²) in [6.07, 6.45) is 2.19. The van der Waals surface area contributed by atoms with E-state index in [-0.39, 0.29) is 11.8 Å². The van der Waals surface area contributed by atoms with Gasteiger partial charge in [0.2, 0.25) is 5.88 Å². The Labute approximate surface area is 265 Å². The van der Waals surface area contributed by atoms with Gasteiger partial charge in [0, 0.05) is 30.2 Å². The summed E-state index contributed by atoms with van der Waals surface area (Å²) in [5.41, 5.74) is 4.23. The molecular weight excluding hydrogens is 611 g/mol. The van der Waals surface area contributed by atoms with E-state index in [9.17, 15) is 14.7 Å². The average molecular weight is 638 g/mol. The number of amides is 1. The first kappa shape index (κ1) is 28.7. The molecule has 12 heteroatoms. The molecule has 0 unspecified atom stereocenters. The number of pyridine rings is 1. The van der Waals surface area contributed by atoms with Crippen LogP contribution in [0, 0.1) is 0 Å². The number of aryl methyl sites for hydroxylation is 1. The highest BCUT2D eigenvalue weighted by atomic mass is 32.1. The number of benzene rings is 3. The topological polar surface area (TPSA) is 127 Å². The molecule has 226 valence electrons. The van der Waals surface area contributed by atoms with Crippen molar-refractivity contribution in [3.05, 3.63) is 101 Å². The molecule has 6 aromatic rings. The molecule has 2 N–H and O–H groups in total. The molecule has 1 aliphatic rings. The summed E-state index contributed by atoms with van der Waals surface area (Å²) in [6, 6.07) is 23.2. The van der Waals surface area contributed by atoms with Gasteiger partial charge in [-0.25, -0.2) is 9.78 Å². The molecule has 0 saturated heterocycles. The van der Waals surface area contributed by atoms with Crippen LogP contribution in [0.5, 0.6) is 11.6 Å². The Balaban J connectivity index is 1.06. The Morgan fingerprint density at radius 3 is 2.73 bits per heavy atom. The van der Waals surface area contributed by atoms with E-state index in [1.165, 1.54) is 22.7 Å². The molecule has 0 atom stereocenters. The summed E-state index contributed by atoms with van der Waals surface area (Å²) in [4.78, 5) is 41.3. The van der Waals surface area contributed by atoms with Crippen LogP contribution in [0.2, 0.25) is 0 Å². The first-order chi connectivity index (χ1) is 22.0. The van der Waals surface area contributed by atoms with Gasteiger partial charge in [0.25, 0.3) is 5.91 Å². The number of fused-ring (bicyclic) bond motifs is 3.